The fourth-order valence-electron chi connectivity index (χ4n) is 2.52. The summed E-state index contributed by atoms with van der Waals surface area (Å²) in [7, 11) is -4.70. The van der Waals surface area contributed by atoms with Crippen LogP contribution in [-0.4, -0.2) is 20.9 Å². The number of benzene rings is 2. The molecule has 0 aliphatic heterocycles. The molecule has 3 rings (SSSR count). The van der Waals surface area contributed by atoms with E-state index >= 15 is 0 Å². The summed E-state index contributed by atoms with van der Waals surface area (Å²) in [5.74, 6) is 0.191. The molecule has 1 aromatic heterocycles. The molecule has 158 valence electrons. The molecule has 3 aromatic rings. The van der Waals surface area contributed by atoms with Crippen molar-refractivity contribution in [1.29, 1.82) is 0 Å². The lowest BCUT2D eigenvalue weighted by Gasteiger charge is -2.07. The summed E-state index contributed by atoms with van der Waals surface area (Å²) in [6, 6.07) is 15.7. The summed E-state index contributed by atoms with van der Waals surface area (Å²) in [4.78, 5) is 11.6. The van der Waals surface area contributed by atoms with Gasteiger partial charge in [-0.05, 0) is 30.3 Å². The van der Waals surface area contributed by atoms with Crippen LogP contribution >= 0.6 is 11.6 Å². The molecule has 0 aliphatic rings. The monoisotopic (exact) mass is 514 g/mol. The molecule has 1 amide bonds. The number of aromatic nitrogens is 1. The minimum Gasteiger partial charge on any atom is -1.00 e. The lowest BCUT2D eigenvalue weighted by atomic mass is 10.2. The van der Waals surface area contributed by atoms with Crippen LogP contribution in [-0.2, 0) is 21.6 Å². The third-order valence-electron chi connectivity index (χ3n) is 3.91. The van der Waals surface area contributed by atoms with Gasteiger partial charge in [-0.3, -0.25) is 4.79 Å². The van der Waals surface area contributed by atoms with Gasteiger partial charge < -0.3 is 27.0 Å². The molecule has 0 fully saturated rings. The predicted molar refractivity (Wildman–Crippen MR) is 106 cm³/mol. The first kappa shape index (κ1) is 23.8. The molecule has 0 saturated heterocycles. The van der Waals surface area contributed by atoms with Crippen LogP contribution in [0.25, 0.3) is 0 Å². The van der Waals surface area contributed by atoms with E-state index in [4.69, 9.17) is 16.3 Å². The van der Waals surface area contributed by atoms with Crippen LogP contribution in [0, 0.1) is 0 Å². The van der Waals surface area contributed by atoms with E-state index in [2.05, 4.69) is 5.32 Å². The molecule has 6 nitrogen and oxygen atoms in total. The average molecular weight is 516 g/mol. The van der Waals surface area contributed by atoms with Crippen LogP contribution in [0.15, 0.2) is 78.0 Å². The highest BCUT2D eigenvalue weighted by Crippen LogP contribution is 2.17. The topological polar surface area (TPSA) is 76.3 Å². The van der Waals surface area contributed by atoms with Gasteiger partial charge in [-0.2, -0.15) is 8.42 Å². The van der Waals surface area contributed by atoms with Crippen LogP contribution in [0.2, 0.25) is 5.02 Å². The van der Waals surface area contributed by atoms with Gasteiger partial charge in [-0.15, -0.1) is 3.89 Å². The van der Waals surface area contributed by atoms with E-state index in [1.165, 1.54) is 12.1 Å². The Morgan fingerprint density at radius 1 is 1.07 bits per heavy atom. The smallest absolute Gasteiger partial charge is 0.332 e. The van der Waals surface area contributed by atoms with Crippen LogP contribution in [0.1, 0.15) is 5.56 Å². The number of hydrogen-bond donors (Lipinski definition) is 1. The number of nitrogens with zero attached hydrogens (tertiary/aromatic N) is 1. The minimum atomic E-state index is -4.70. The van der Waals surface area contributed by atoms with Gasteiger partial charge in [0.2, 0.25) is 0 Å². The number of hydrogen-bond acceptors (Lipinski definition) is 4. The minimum absolute atomic E-state index is 0. The first-order valence-corrected chi connectivity index (χ1v) is 10.3. The van der Waals surface area contributed by atoms with Crippen LogP contribution in [0.5, 0.6) is 5.75 Å². The summed E-state index contributed by atoms with van der Waals surface area (Å²) in [6.45, 7) is 0.303. The van der Waals surface area contributed by atoms with Gasteiger partial charge in [0.15, 0.2) is 25.5 Å². The second-order valence-corrected chi connectivity index (χ2v) is 7.92. The van der Waals surface area contributed by atoms with Gasteiger partial charge in [0.05, 0.1) is 10.6 Å². The summed E-state index contributed by atoms with van der Waals surface area (Å²) in [6.07, 6.45) is 3.51. The molecule has 0 aliphatic carbocycles. The molecule has 0 radical (unpaired) electrons. The third-order valence-corrected chi connectivity index (χ3v) is 4.98. The molecule has 1 heterocycles. The second-order valence-electron chi connectivity index (χ2n) is 6.14. The maximum atomic E-state index is 12.9. The molecule has 0 bridgehead atoms. The molecule has 2 aromatic carbocycles. The molecule has 0 unspecified atom stereocenters. The maximum Gasteiger partial charge on any atom is 0.332 e. The van der Waals surface area contributed by atoms with Gasteiger partial charge >= 0.3 is 10.2 Å². The first-order valence-electron chi connectivity index (χ1n) is 8.50. The van der Waals surface area contributed by atoms with Crippen molar-refractivity contribution < 1.29 is 43.4 Å². The molecule has 0 saturated carbocycles. The van der Waals surface area contributed by atoms with Crippen molar-refractivity contribution in [3.05, 3.63) is 83.6 Å². The lowest BCUT2D eigenvalue weighted by Crippen LogP contribution is -3.00. The number of nitrogens with one attached hydrogen (secondary N) is 1. The van der Waals surface area contributed by atoms with E-state index < -0.39 is 10.2 Å². The number of pyridine rings is 1. The number of rotatable bonds is 7. The third kappa shape index (κ3) is 7.08. The zero-order valence-corrected chi connectivity index (χ0v) is 18.6. The Kier molecular flexibility index (Phi) is 8.33. The van der Waals surface area contributed by atoms with E-state index in [1.54, 1.807) is 60.9 Å². The van der Waals surface area contributed by atoms with Gasteiger partial charge in [-0.25, -0.2) is 4.57 Å². The Labute approximate surface area is 189 Å². The van der Waals surface area contributed by atoms with Gasteiger partial charge in [-0.1, -0.05) is 29.8 Å². The summed E-state index contributed by atoms with van der Waals surface area (Å²) in [5.41, 5.74) is 1.40. The van der Waals surface area contributed by atoms with E-state index in [9.17, 15) is 17.1 Å². The van der Waals surface area contributed by atoms with Crippen LogP contribution in [0.4, 0.5) is 9.57 Å². The van der Waals surface area contributed by atoms with E-state index in [0.29, 0.717) is 23.0 Å². The van der Waals surface area contributed by atoms with Gasteiger partial charge in [0.1, 0.15) is 5.75 Å². The van der Waals surface area contributed by atoms with Crippen molar-refractivity contribution in [2.24, 2.45) is 0 Å². The van der Waals surface area contributed by atoms with Crippen molar-refractivity contribution in [3.8, 4) is 5.75 Å². The number of anilines is 1. The number of ether oxygens (including phenoxy) is 1. The number of carbonyl (C=O) groups is 1. The summed E-state index contributed by atoms with van der Waals surface area (Å²) < 4.78 is 41.8. The molecule has 0 spiro atoms. The zero-order valence-electron chi connectivity index (χ0n) is 15.5. The normalized spacial score (nSPS) is 10.7. The van der Waals surface area contributed by atoms with Gasteiger partial charge in [0.25, 0.3) is 5.91 Å². The highest BCUT2D eigenvalue weighted by Gasteiger charge is 2.12. The van der Waals surface area contributed by atoms with Gasteiger partial charge in [0, 0.05) is 22.7 Å². The fourth-order valence-corrected chi connectivity index (χ4v) is 3.16. The Bertz CT molecular complexity index is 1110. The van der Waals surface area contributed by atoms with Crippen molar-refractivity contribution in [2.75, 3.05) is 11.9 Å². The maximum absolute atomic E-state index is 12.9. The van der Waals surface area contributed by atoms with Crippen LogP contribution < -0.4 is 31.6 Å². The first-order chi connectivity index (χ1) is 13.8. The molecule has 0 atom stereocenters. The van der Waals surface area contributed by atoms with Crippen molar-refractivity contribution >= 4 is 33.4 Å². The summed E-state index contributed by atoms with van der Waals surface area (Å²) in [5, 5.41) is 3.25. The average Bonchev–Trinajstić information content (AvgIpc) is 2.68. The highest BCUT2D eigenvalue weighted by atomic mass is 79.9. The SMILES string of the molecule is O=C(COc1cccc(Cl)c1)Nc1cc[n+](Cc2ccc(S(=O)(=O)F)cc2)cc1.[Br-]. The zero-order chi connectivity index (χ0) is 20.9. The highest BCUT2D eigenvalue weighted by molar-refractivity contribution is 7.86. The Balaban J connectivity index is 0.00000320. The molecule has 10 heteroatoms. The number of halogens is 3. The number of carbonyl (C=O) groups excluding carboxylic acids is 1. The van der Waals surface area contributed by atoms with Crippen molar-refractivity contribution in [3.63, 3.8) is 0 Å². The molecular formula is C20H17BrClFN2O4S. The standard InChI is InChI=1S/C20H16ClFN2O4S.BrH/c21-16-2-1-3-18(12-16)28-14-20(25)23-17-8-10-24(11-9-17)13-15-4-6-19(7-5-15)29(22,26)27;/h1-12H,13-14H2;1H. The largest absolute Gasteiger partial charge is 1.00 e. The second kappa shape index (κ2) is 10.5. The number of amides is 1. The Morgan fingerprint density at radius 2 is 1.73 bits per heavy atom. The van der Waals surface area contributed by atoms with Crippen LogP contribution in [0.3, 0.4) is 0 Å². The predicted octanol–water partition coefficient (Wildman–Crippen LogP) is 0.355. The Hall–Kier alpha value is -2.49. The van der Waals surface area contributed by atoms with Crippen molar-refractivity contribution in [1.82, 2.24) is 0 Å². The molecule has 30 heavy (non-hydrogen) atoms. The van der Waals surface area contributed by atoms with E-state index in [1.807, 2.05) is 4.57 Å². The molecule has 1 N–H and O–H groups in total. The molecular weight excluding hydrogens is 499 g/mol. The summed E-state index contributed by atoms with van der Waals surface area (Å²) >= 11 is 5.86. The lowest BCUT2D eigenvalue weighted by molar-refractivity contribution is -0.688. The van der Waals surface area contributed by atoms with E-state index in [-0.39, 0.29) is 34.4 Å². The van der Waals surface area contributed by atoms with E-state index in [0.717, 1.165) is 5.56 Å². The fraction of sp³-hybridized carbons (Fsp3) is 0.100. The Morgan fingerprint density at radius 3 is 2.33 bits per heavy atom. The quantitative estimate of drug-likeness (QED) is 0.364. The van der Waals surface area contributed by atoms with Crippen molar-refractivity contribution in [2.45, 2.75) is 11.4 Å².